The molecule has 0 unspecified atom stereocenters. The normalized spacial score (nSPS) is 11.0. The first-order valence-corrected chi connectivity index (χ1v) is 6.94. The Morgan fingerprint density at radius 2 is 1.81 bits per heavy atom. The highest BCUT2D eigenvalue weighted by Gasteiger charge is 2.17. The van der Waals surface area contributed by atoms with Crippen LogP contribution in [0.2, 0.25) is 0 Å². The molecule has 3 rings (SSSR count). The number of aryl methyl sites for hydroxylation is 3. The van der Waals surface area contributed by atoms with E-state index in [0.717, 1.165) is 22.0 Å². The average molecular weight is 278 g/mol. The molecule has 0 fully saturated rings. The van der Waals surface area contributed by atoms with Gasteiger partial charge in [0, 0.05) is 41.0 Å². The van der Waals surface area contributed by atoms with Crippen LogP contribution in [0.25, 0.3) is 10.9 Å². The van der Waals surface area contributed by atoms with Gasteiger partial charge in [-0.05, 0) is 49.2 Å². The summed E-state index contributed by atoms with van der Waals surface area (Å²) in [7, 11) is 1.97. The predicted molar refractivity (Wildman–Crippen MR) is 86.7 cm³/mol. The molecule has 0 aliphatic rings. The molecule has 3 nitrogen and oxygen atoms in total. The fourth-order valence-corrected chi connectivity index (χ4v) is 2.76. The van der Waals surface area contributed by atoms with E-state index in [0.29, 0.717) is 11.3 Å². The standard InChI is InChI=1S/C18H18N2O/c1-11-4-6-15-16(10-20(3)17(15)8-11)18(21)14-7-5-13(19)9-12(14)2/h4-10H,19H2,1-3H3. The molecule has 0 radical (unpaired) electrons. The number of carbonyl (C=O) groups is 1. The number of nitrogens with two attached hydrogens (primary N) is 1. The molecule has 3 heteroatoms. The number of nitrogens with zero attached hydrogens (tertiary/aromatic N) is 1. The number of hydrogen-bond donors (Lipinski definition) is 1. The zero-order chi connectivity index (χ0) is 15.1. The Labute approximate surface area is 124 Å². The first kappa shape index (κ1) is 13.4. The van der Waals surface area contributed by atoms with Gasteiger partial charge < -0.3 is 10.3 Å². The maximum Gasteiger partial charge on any atom is 0.195 e. The number of carbonyl (C=O) groups excluding carboxylic acids is 1. The minimum atomic E-state index is 0.0435. The summed E-state index contributed by atoms with van der Waals surface area (Å²) in [5, 5.41) is 0.990. The second kappa shape index (κ2) is 4.77. The van der Waals surface area contributed by atoms with Gasteiger partial charge in [0.15, 0.2) is 5.78 Å². The van der Waals surface area contributed by atoms with Crippen molar-refractivity contribution < 1.29 is 4.79 Å². The summed E-state index contributed by atoms with van der Waals surface area (Å²) in [6, 6.07) is 11.6. The molecule has 0 spiro atoms. The van der Waals surface area contributed by atoms with Gasteiger partial charge in [0.25, 0.3) is 0 Å². The smallest absolute Gasteiger partial charge is 0.195 e. The van der Waals surface area contributed by atoms with Crippen molar-refractivity contribution in [1.29, 1.82) is 0 Å². The van der Waals surface area contributed by atoms with E-state index in [4.69, 9.17) is 5.73 Å². The molecular weight excluding hydrogens is 260 g/mol. The van der Waals surface area contributed by atoms with Crippen LogP contribution < -0.4 is 5.73 Å². The molecule has 1 aromatic heterocycles. The first-order valence-electron chi connectivity index (χ1n) is 6.94. The van der Waals surface area contributed by atoms with Crippen molar-refractivity contribution in [3.63, 3.8) is 0 Å². The fourth-order valence-electron chi connectivity index (χ4n) is 2.76. The number of ketones is 1. The van der Waals surface area contributed by atoms with Crippen LogP contribution in [0.3, 0.4) is 0 Å². The van der Waals surface area contributed by atoms with Gasteiger partial charge in [-0.1, -0.05) is 12.1 Å². The van der Waals surface area contributed by atoms with E-state index in [9.17, 15) is 4.79 Å². The van der Waals surface area contributed by atoms with Gasteiger partial charge in [0.1, 0.15) is 0 Å². The highest BCUT2D eigenvalue weighted by Crippen LogP contribution is 2.25. The molecule has 0 saturated carbocycles. The van der Waals surface area contributed by atoms with Gasteiger partial charge in [0.05, 0.1) is 0 Å². The predicted octanol–water partition coefficient (Wildman–Crippen LogP) is 3.61. The maximum absolute atomic E-state index is 12.8. The molecule has 0 aliphatic heterocycles. The number of hydrogen-bond acceptors (Lipinski definition) is 2. The van der Waals surface area contributed by atoms with E-state index >= 15 is 0 Å². The molecule has 0 saturated heterocycles. The van der Waals surface area contributed by atoms with Gasteiger partial charge in [0.2, 0.25) is 0 Å². The summed E-state index contributed by atoms with van der Waals surface area (Å²) in [5.74, 6) is 0.0435. The minimum Gasteiger partial charge on any atom is -0.399 e. The second-order valence-corrected chi connectivity index (χ2v) is 5.58. The van der Waals surface area contributed by atoms with E-state index < -0.39 is 0 Å². The lowest BCUT2D eigenvalue weighted by atomic mass is 9.98. The van der Waals surface area contributed by atoms with Crippen molar-refractivity contribution in [3.8, 4) is 0 Å². The molecular formula is C18H18N2O. The van der Waals surface area contributed by atoms with Gasteiger partial charge in [-0.2, -0.15) is 0 Å². The van der Waals surface area contributed by atoms with E-state index in [1.54, 1.807) is 12.1 Å². The highest BCUT2D eigenvalue weighted by atomic mass is 16.1. The molecule has 3 aromatic rings. The van der Waals surface area contributed by atoms with Crippen LogP contribution in [-0.4, -0.2) is 10.4 Å². The highest BCUT2D eigenvalue weighted by molar-refractivity contribution is 6.17. The van der Waals surface area contributed by atoms with Crippen LogP contribution >= 0.6 is 0 Å². The molecule has 0 bridgehead atoms. The zero-order valence-electron chi connectivity index (χ0n) is 12.5. The van der Waals surface area contributed by atoms with Crippen LogP contribution in [0.5, 0.6) is 0 Å². The summed E-state index contributed by atoms with van der Waals surface area (Å²) in [6.07, 6.45) is 1.90. The summed E-state index contributed by atoms with van der Waals surface area (Å²) in [4.78, 5) is 12.8. The van der Waals surface area contributed by atoms with Crippen molar-refractivity contribution in [3.05, 3.63) is 64.8 Å². The Kier molecular flexibility index (Phi) is 3.05. The van der Waals surface area contributed by atoms with Crippen molar-refractivity contribution >= 4 is 22.4 Å². The summed E-state index contributed by atoms with van der Waals surface area (Å²) in [5.41, 5.74) is 11.1. The molecule has 0 atom stereocenters. The zero-order valence-corrected chi connectivity index (χ0v) is 12.5. The van der Waals surface area contributed by atoms with Crippen molar-refractivity contribution in [2.24, 2.45) is 7.05 Å². The van der Waals surface area contributed by atoms with E-state index in [1.165, 1.54) is 5.56 Å². The third-order valence-electron chi connectivity index (χ3n) is 3.89. The van der Waals surface area contributed by atoms with Crippen molar-refractivity contribution in [2.75, 3.05) is 5.73 Å². The van der Waals surface area contributed by atoms with Crippen LogP contribution in [0, 0.1) is 13.8 Å². The van der Waals surface area contributed by atoms with Crippen molar-refractivity contribution in [1.82, 2.24) is 4.57 Å². The molecule has 0 amide bonds. The van der Waals surface area contributed by atoms with Gasteiger partial charge >= 0.3 is 0 Å². The Hall–Kier alpha value is -2.55. The monoisotopic (exact) mass is 278 g/mol. The van der Waals surface area contributed by atoms with Crippen LogP contribution in [0.4, 0.5) is 5.69 Å². The lowest BCUT2D eigenvalue weighted by molar-refractivity contribution is 0.103. The van der Waals surface area contributed by atoms with E-state index in [2.05, 4.69) is 13.0 Å². The average Bonchev–Trinajstić information content (AvgIpc) is 2.75. The third kappa shape index (κ3) is 2.21. The number of nitrogen functional groups attached to an aromatic ring is 1. The van der Waals surface area contributed by atoms with Crippen LogP contribution in [0.15, 0.2) is 42.6 Å². The van der Waals surface area contributed by atoms with Crippen LogP contribution in [-0.2, 0) is 7.05 Å². The van der Waals surface area contributed by atoms with Gasteiger partial charge in [-0.25, -0.2) is 0 Å². The molecule has 2 aromatic carbocycles. The molecule has 106 valence electrons. The lowest BCUT2D eigenvalue weighted by Crippen LogP contribution is -2.03. The number of rotatable bonds is 2. The molecule has 2 N–H and O–H groups in total. The van der Waals surface area contributed by atoms with E-state index in [1.807, 2.05) is 42.9 Å². The Morgan fingerprint density at radius 1 is 1.05 bits per heavy atom. The fraction of sp³-hybridized carbons (Fsp3) is 0.167. The molecule has 1 heterocycles. The number of anilines is 1. The molecule has 0 aliphatic carbocycles. The summed E-state index contributed by atoms with van der Waals surface area (Å²) >= 11 is 0. The van der Waals surface area contributed by atoms with E-state index in [-0.39, 0.29) is 5.78 Å². The summed E-state index contributed by atoms with van der Waals surface area (Å²) < 4.78 is 2.00. The van der Waals surface area contributed by atoms with Gasteiger partial charge in [-0.3, -0.25) is 4.79 Å². The maximum atomic E-state index is 12.8. The SMILES string of the molecule is Cc1ccc2c(C(=O)c3ccc(N)cc3C)cn(C)c2c1. The Bertz CT molecular complexity index is 859. The number of aromatic nitrogens is 1. The Balaban J connectivity index is 2.18. The Morgan fingerprint density at radius 3 is 2.52 bits per heavy atom. The quantitative estimate of drug-likeness (QED) is 0.575. The number of benzene rings is 2. The molecule has 21 heavy (non-hydrogen) atoms. The number of fused-ring (bicyclic) bond motifs is 1. The summed E-state index contributed by atoms with van der Waals surface area (Å²) in [6.45, 7) is 3.97. The third-order valence-corrected chi connectivity index (χ3v) is 3.89. The van der Waals surface area contributed by atoms with Gasteiger partial charge in [-0.15, -0.1) is 0 Å². The van der Waals surface area contributed by atoms with Crippen molar-refractivity contribution in [2.45, 2.75) is 13.8 Å². The topological polar surface area (TPSA) is 48.0 Å². The largest absolute Gasteiger partial charge is 0.399 e. The second-order valence-electron chi connectivity index (χ2n) is 5.58. The lowest BCUT2D eigenvalue weighted by Gasteiger charge is -2.05. The minimum absolute atomic E-state index is 0.0435. The van der Waals surface area contributed by atoms with Crippen LogP contribution in [0.1, 0.15) is 27.0 Å². The first-order chi connectivity index (χ1) is 9.97.